The van der Waals surface area contributed by atoms with Gasteiger partial charge in [0.05, 0.1) is 5.92 Å². The molecule has 1 fully saturated rings. The molecule has 0 N–H and O–H groups in total. The summed E-state index contributed by atoms with van der Waals surface area (Å²) in [4.78, 5) is 23.7. The lowest BCUT2D eigenvalue weighted by Gasteiger charge is -2.37. The van der Waals surface area contributed by atoms with Crippen molar-refractivity contribution in [2.24, 2.45) is 11.3 Å². The maximum atomic E-state index is 12.1. The molecule has 2 atom stereocenters. The number of carbonyl (C=O) groups excluding carboxylic acids is 2. The lowest BCUT2D eigenvalue weighted by molar-refractivity contribution is -0.178. The molecule has 0 unspecified atom stereocenters. The number of ketones is 1. The minimum absolute atomic E-state index is 0.0414. The molecular formula is C12H20O3. The first-order valence-electron chi connectivity index (χ1n) is 5.70. The molecule has 86 valence electrons. The van der Waals surface area contributed by atoms with E-state index in [-0.39, 0.29) is 23.8 Å². The fraction of sp³-hybridized carbons (Fsp3) is 0.833. The van der Waals surface area contributed by atoms with Crippen LogP contribution in [0.25, 0.3) is 0 Å². The molecule has 3 nitrogen and oxygen atoms in total. The van der Waals surface area contributed by atoms with E-state index in [0.29, 0.717) is 0 Å². The summed E-state index contributed by atoms with van der Waals surface area (Å²) < 4.78 is 5.36. The van der Waals surface area contributed by atoms with Crippen LogP contribution < -0.4 is 0 Å². The molecule has 1 aliphatic rings. The largest absolute Gasteiger partial charge is 0.461 e. The number of Topliss-reactive ketones (excluding diaryl/α,β-unsaturated/α-hetero) is 1. The molecule has 0 bridgehead atoms. The molecular weight excluding hydrogens is 192 g/mol. The first kappa shape index (κ1) is 12.2. The zero-order chi connectivity index (χ0) is 11.6. The zero-order valence-electron chi connectivity index (χ0n) is 10.0. The van der Waals surface area contributed by atoms with E-state index in [2.05, 4.69) is 0 Å². The van der Waals surface area contributed by atoms with Crippen molar-refractivity contribution in [1.29, 1.82) is 0 Å². The normalized spacial score (nSPS) is 30.1. The predicted octanol–water partition coefficient (Wildman–Crippen LogP) is 2.33. The van der Waals surface area contributed by atoms with Crippen LogP contribution in [0.3, 0.4) is 0 Å². The van der Waals surface area contributed by atoms with Crippen LogP contribution >= 0.6 is 0 Å². The third-order valence-electron chi connectivity index (χ3n) is 3.18. The van der Waals surface area contributed by atoms with Crippen LogP contribution in [0.1, 0.15) is 47.0 Å². The monoisotopic (exact) mass is 212 g/mol. The van der Waals surface area contributed by atoms with Crippen molar-refractivity contribution in [1.82, 2.24) is 0 Å². The molecule has 0 radical (unpaired) electrons. The SMILES string of the molecule is CCC[C@@H]1OC(=O)C(C)(C)C(=O)[C@@H]1CC. The maximum absolute atomic E-state index is 12.1. The summed E-state index contributed by atoms with van der Waals surface area (Å²) in [7, 11) is 0. The van der Waals surface area contributed by atoms with Gasteiger partial charge in [-0.3, -0.25) is 9.59 Å². The van der Waals surface area contributed by atoms with Gasteiger partial charge in [-0.15, -0.1) is 0 Å². The minimum atomic E-state index is -0.953. The highest BCUT2D eigenvalue weighted by Crippen LogP contribution is 2.35. The summed E-state index contributed by atoms with van der Waals surface area (Å²) in [5.74, 6) is -0.437. The molecule has 1 aliphatic heterocycles. The molecule has 3 heteroatoms. The van der Waals surface area contributed by atoms with Gasteiger partial charge in [-0.2, -0.15) is 0 Å². The van der Waals surface area contributed by atoms with Gasteiger partial charge in [0.15, 0.2) is 5.78 Å². The maximum Gasteiger partial charge on any atom is 0.319 e. The van der Waals surface area contributed by atoms with E-state index in [1.165, 1.54) is 0 Å². The molecule has 15 heavy (non-hydrogen) atoms. The van der Waals surface area contributed by atoms with Crippen molar-refractivity contribution in [3.8, 4) is 0 Å². The van der Waals surface area contributed by atoms with Crippen LogP contribution in [-0.4, -0.2) is 17.9 Å². The second-order valence-corrected chi connectivity index (χ2v) is 4.74. The Labute approximate surface area is 91.2 Å². The molecule has 0 aromatic carbocycles. The van der Waals surface area contributed by atoms with Gasteiger partial charge in [0.1, 0.15) is 11.5 Å². The number of hydrogen-bond acceptors (Lipinski definition) is 3. The Bertz CT molecular complexity index is 268. The first-order chi connectivity index (χ1) is 6.95. The fourth-order valence-electron chi connectivity index (χ4n) is 2.09. The average molecular weight is 212 g/mol. The van der Waals surface area contributed by atoms with E-state index in [4.69, 9.17) is 4.74 Å². The van der Waals surface area contributed by atoms with E-state index < -0.39 is 5.41 Å². The number of carbonyl (C=O) groups is 2. The Hall–Kier alpha value is -0.860. The predicted molar refractivity (Wildman–Crippen MR) is 57.4 cm³/mol. The molecule has 0 amide bonds. The molecule has 0 aliphatic carbocycles. The lowest BCUT2D eigenvalue weighted by atomic mass is 9.75. The number of cyclic esters (lactones) is 1. The average Bonchev–Trinajstić information content (AvgIpc) is 2.16. The lowest BCUT2D eigenvalue weighted by Crippen LogP contribution is -2.50. The van der Waals surface area contributed by atoms with Crippen molar-refractivity contribution in [3.63, 3.8) is 0 Å². The van der Waals surface area contributed by atoms with E-state index in [0.717, 1.165) is 19.3 Å². The van der Waals surface area contributed by atoms with Crippen LogP contribution in [-0.2, 0) is 14.3 Å². The van der Waals surface area contributed by atoms with E-state index in [1.807, 2.05) is 13.8 Å². The summed E-state index contributed by atoms with van der Waals surface area (Å²) in [6.07, 6.45) is 2.27. The van der Waals surface area contributed by atoms with Gasteiger partial charge in [-0.05, 0) is 26.7 Å². The Balaban J connectivity index is 2.90. The van der Waals surface area contributed by atoms with Crippen molar-refractivity contribution < 1.29 is 14.3 Å². The molecule has 1 rings (SSSR count). The van der Waals surface area contributed by atoms with Gasteiger partial charge in [0.2, 0.25) is 0 Å². The second kappa shape index (κ2) is 4.33. The van der Waals surface area contributed by atoms with Gasteiger partial charge >= 0.3 is 5.97 Å². The summed E-state index contributed by atoms with van der Waals surface area (Å²) in [6.45, 7) is 7.32. The van der Waals surface area contributed by atoms with Crippen LogP contribution in [0.5, 0.6) is 0 Å². The van der Waals surface area contributed by atoms with Crippen LogP contribution in [0.2, 0.25) is 0 Å². The molecule has 1 saturated heterocycles. The summed E-state index contributed by atoms with van der Waals surface area (Å²) in [5, 5.41) is 0. The quantitative estimate of drug-likeness (QED) is 0.532. The van der Waals surface area contributed by atoms with Gasteiger partial charge in [-0.1, -0.05) is 20.3 Å². The molecule has 0 aromatic rings. The molecule has 0 aromatic heterocycles. The third kappa shape index (κ3) is 2.06. The van der Waals surface area contributed by atoms with E-state index in [1.54, 1.807) is 13.8 Å². The smallest absolute Gasteiger partial charge is 0.319 e. The van der Waals surface area contributed by atoms with Gasteiger partial charge in [-0.25, -0.2) is 0 Å². The number of rotatable bonds is 3. The Kier molecular flexibility index (Phi) is 3.53. The highest BCUT2D eigenvalue weighted by atomic mass is 16.5. The van der Waals surface area contributed by atoms with Gasteiger partial charge < -0.3 is 4.74 Å². The number of esters is 1. The Morgan fingerprint density at radius 2 is 1.87 bits per heavy atom. The first-order valence-corrected chi connectivity index (χ1v) is 5.70. The Morgan fingerprint density at radius 3 is 2.33 bits per heavy atom. The van der Waals surface area contributed by atoms with Crippen molar-refractivity contribution in [2.45, 2.75) is 53.1 Å². The summed E-state index contributed by atoms with van der Waals surface area (Å²) in [6, 6.07) is 0. The molecule has 0 saturated carbocycles. The zero-order valence-corrected chi connectivity index (χ0v) is 10.0. The third-order valence-corrected chi connectivity index (χ3v) is 3.18. The highest BCUT2D eigenvalue weighted by Gasteiger charge is 2.49. The van der Waals surface area contributed by atoms with Crippen molar-refractivity contribution >= 4 is 11.8 Å². The fourth-order valence-corrected chi connectivity index (χ4v) is 2.09. The molecule has 0 spiro atoms. The second-order valence-electron chi connectivity index (χ2n) is 4.74. The molecule has 1 heterocycles. The van der Waals surface area contributed by atoms with Gasteiger partial charge in [0.25, 0.3) is 0 Å². The van der Waals surface area contributed by atoms with Crippen LogP contribution in [0.4, 0.5) is 0 Å². The standard InChI is InChI=1S/C12H20O3/c1-5-7-9-8(6-2)10(13)12(3,4)11(14)15-9/h8-9H,5-7H2,1-4H3/t8-,9+/m1/s1. The topological polar surface area (TPSA) is 43.4 Å². The van der Waals surface area contributed by atoms with Crippen LogP contribution in [0, 0.1) is 11.3 Å². The Morgan fingerprint density at radius 1 is 1.27 bits per heavy atom. The number of hydrogen-bond donors (Lipinski definition) is 0. The summed E-state index contributed by atoms with van der Waals surface area (Å²) >= 11 is 0. The van der Waals surface area contributed by atoms with E-state index >= 15 is 0 Å². The van der Waals surface area contributed by atoms with Crippen molar-refractivity contribution in [3.05, 3.63) is 0 Å². The van der Waals surface area contributed by atoms with E-state index in [9.17, 15) is 9.59 Å². The number of ether oxygens (including phenoxy) is 1. The minimum Gasteiger partial charge on any atom is -0.461 e. The van der Waals surface area contributed by atoms with Crippen LogP contribution in [0.15, 0.2) is 0 Å². The highest BCUT2D eigenvalue weighted by molar-refractivity contribution is 6.06. The van der Waals surface area contributed by atoms with Crippen molar-refractivity contribution in [2.75, 3.05) is 0 Å². The van der Waals surface area contributed by atoms with Gasteiger partial charge in [0, 0.05) is 0 Å². The summed E-state index contributed by atoms with van der Waals surface area (Å²) in [5.41, 5.74) is -0.953.